The first-order valence-corrected chi connectivity index (χ1v) is 4.72. The molecule has 1 aromatic rings. The maximum absolute atomic E-state index is 10.9. The van der Waals surface area contributed by atoms with Crippen molar-refractivity contribution in [2.75, 3.05) is 7.11 Å². The maximum atomic E-state index is 10.9. The van der Waals surface area contributed by atoms with E-state index in [2.05, 4.69) is 9.99 Å². The fourth-order valence-corrected chi connectivity index (χ4v) is 1.40. The molecule has 1 N–H and O–H groups in total. The van der Waals surface area contributed by atoms with Gasteiger partial charge in [-0.15, -0.1) is 11.6 Å². The van der Waals surface area contributed by atoms with Crippen LogP contribution in [0.25, 0.3) is 0 Å². The van der Waals surface area contributed by atoms with Crippen LogP contribution in [0.3, 0.4) is 0 Å². The summed E-state index contributed by atoms with van der Waals surface area (Å²) >= 11 is 5.69. The largest absolute Gasteiger partial charge is 0.476 e. The number of hydrogen-bond acceptors (Lipinski definition) is 3. The Morgan fingerprint density at radius 1 is 1.53 bits per heavy atom. The van der Waals surface area contributed by atoms with Crippen molar-refractivity contribution in [3.63, 3.8) is 0 Å². The molecule has 1 rings (SSSR count). The summed E-state index contributed by atoms with van der Waals surface area (Å²) in [6, 6.07) is 6.90. The number of oxime groups is 1. The lowest BCUT2D eigenvalue weighted by Gasteiger charge is -2.05. The molecular weight excluding hydrogens is 218 g/mol. The van der Waals surface area contributed by atoms with Crippen molar-refractivity contribution in [1.29, 1.82) is 0 Å². The van der Waals surface area contributed by atoms with Crippen LogP contribution in [-0.4, -0.2) is 23.9 Å². The molecule has 0 saturated carbocycles. The van der Waals surface area contributed by atoms with Crippen LogP contribution >= 0.6 is 11.6 Å². The molecule has 0 spiro atoms. The van der Waals surface area contributed by atoms with Crippen LogP contribution in [0.4, 0.5) is 0 Å². The number of alkyl halides is 1. The van der Waals surface area contributed by atoms with Gasteiger partial charge in [-0.3, -0.25) is 0 Å². The van der Waals surface area contributed by atoms with Gasteiger partial charge in [-0.25, -0.2) is 4.79 Å². The zero-order valence-electron chi connectivity index (χ0n) is 8.11. The van der Waals surface area contributed by atoms with E-state index in [1.807, 2.05) is 0 Å². The monoisotopic (exact) mass is 227 g/mol. The Hall–Kier alpha value is -1.55. The zero-order chi connectivity index (χ0) is 11.3. The van der Waals surface area contributed by atoms with Gasteiger partial charge in [0, 0.05) is 11.4 Å². The van der Waals surface area contributed by atoms with Crippen LogP contribution in [0.1, 0.15) is 11.1 Å². The van der Waals surface area contributed by atoms with E-state index in [0.29, 0.717) is 11.1 Å². The van der Waals surface area contributed by atoms with E-state index in [1.165, 1.54) is 7.11 Å². The first-order valence-electron chi connectivity index (χ1n) is 4.19. The minimum atomic E-state index is -1.14. The van der Waals surface area contributed by atoms with Gasteiger partial charge in [-0.2, -0.15) is 0 Å². The van der Waals surface area contributed by atoms with Gasteiger partial charge < -0.3 is 9.94 Å². The molecule has 0 saturated heterocycles. The molecule has 0 radical (unpaired) electrons. The third kappa shape index (κ3) is 2.70. The predicted molar refractivity (Wildman–Crippen MR) is 57.2 cm³/mol. The summed E-state index contributed by atoms with van der Waals surface area (Å²) in [4.78, 5) is 15.4. The molecular formula is C10H10ClNO3. The van der Waals surface area contributed by atoms with E-state index in [0.717, 1.165) is 0 Å². The normalized spacial score (nSPS) is 11.2. The smallest absolute Gasteiger partial charge is 0.358 e. The minimum absolute atomic E-state index is 0.145. The number of benzene rings is 1. The van der Waals surface area contributed by atoms with Gasteiger partial charge in [0.15, 0.2) is 5.71 Å². The molecule has 0 aromatic heterocycles. The van der Waals surface area contributed by atoms with Gasteiger partial charge in [0.05, 0.1) is 0 Å². The summed E-state index contributed by atoms with van der Waals surface area (Å²) in [6.07, 6.45) is 0. The lowest BCUT2D eigenvalue weighted by molar-refractivity contribution is -0.129. The van der Waals surface area contributed by atoms with Crippen molar-refractivity contribution in [1.82, 2.24) is 0 Å². The highest BCUT2D eigenvalue weighted by Gasteiger charge is 2.16. The molecule has 0 heterocycles. The molecule has 0 fully saturated rings. The number of carboxylic acid groups (broad SMARTS) is 1. The standard InChI is InChI=1S/C10H10ClNO3/c1-15-12-9(10(13)14)8-5-3-2-4-7(8)6-11/h2-5H,6H2,1H3,(H,13,14). The second kappa shape index (κ2) is 5.36. The number of rotatable bonds is 4. The number of aliphatic carboxylic acids is 1. The van der Waals surface area contributed by atoms with Crippen LogP contribution in [-0.2, 0) is 15.5 Å². The van der Waals surface area contributed by atoms with E-state index in [-0.39, 0.29) is 11.6 Å². The second-order valence-corrected chi connectivity index (χ2v) is 2.99. The van der Waals surface area contributed by atoms with E-state index < -0.39 is 5.97 Å². The van der Waals surface area contributed by atoms with Gasteiger partial charge in [-0.05, 0) is 5.56 Å². The topological polar surface area (TPSA) is 58.9 Å². The van der Waals surface area contributed by atoms with E-state index in [9.17, 15) is 4.79 Å². The summed E-state index contributed by atoms with van der Waals surface area (Å²) in [5.74, 6) is -0.916. The first kappa shape index (κ1) is 11.5. The Labute approximate surface area is 92.1 Å². The molecule has 80 valence electrons. The third-order valence-electron chi connectivity index (χ3n) is 1.80. The molecule has 0 unspecified atom stereocenters. The number of nitrogens with zero attached hydrogens (tertiary/aromatic N) is 1. The molecule has 0 bridgehead atoms. The molecule has 4 nitrogen and oxygen atoms in total. The van der Waals surface area contributed by atoms with Gasteiger partial charge in [0.25, 0.3) is 0 Å². The van der Waals surface area contributed by atoms with Crippen LogP contribution in [0, 0.1) is 0 Å². The predicted octanol–water partition coefficient (Wildman–Crippen LogP) is 1.86. The van der Waals surface area contributed by atoms with Crippen molar-refractivity contribution in [2.24, 2.45) is 5.16 Å². The Kier molecular flexibility index (Phi) is 4.12. The Balaban J connectivity index is 3.22. The summed E-state index contributed by atoms with van der Waals surface area (Å²) in [6.45, 7) is 0. The maximum Gasteiger partial charge on any atom is 0.358 e. The minimum Gasteiger partial charge on any atom is -0.476 e. The highest BCUT2D eigenvalue weighted by atomic mass is 35.5. The quantitative estimate of drug-likeness (QED) is 0.485. The lowest BCUT2D eigenvalue weighted by atomic mass is 10.0. The second-order valence-electron chi connectivity index (χ2n) is 2.72. The fourth-order valence-electron chi connectivity index (χ4n) is 1.16. The van der Waals surface area contributed by atoms with E-state index in [1.54, 1.807) is 24.3 Å². The lowest BCUT2D eigenvalue weighted by Crippen LogP contribution is -2.16. The van der Waals surface area contributed by atoms with Crippen molar-refractivity contribution >= 4 is 23.3 Å². The molecule has 15 heavy (non-hydrogen) atoms. The van der Waals surface area contributed by atoms with Crippen molar-refractivity contribution in [3.05, 3.63) is 35.4 Å². The van der Waals surface area contributed by atoms with Gasteiger partial charge in [-0.1, -0.05) is 29.4 Å². The number of halogens is 1. The number of carbonyl (C=O) groups is 1. The van der Waals surface area contributed by atoms with Crippen LogP contribution in [0.5, 0.6) is 0 Å². The first-order chi connectivity index (χ1) is 7.20. The van der Waals surface area contributed by atoms with Gasteiger partial charge in [0.1, 0.15) is 7.11 Å². The van der Waals surface area contributed by atoms with Crippen LogP contribution in [0.2, 0.25) is 0 Å². The van der Waals surface area contributed by atoms with Crippen molar-refractivity contribution in [3.8, 4) is 0 Å². The van der Waals surface area contributed by atoms with Crippen LogP contribution < -0.4 is 0 Å². The molecule has 1 aromatic carbocycles. The average molecular weight is 228 g/mol. The summed E-state index contributed by atoms with van der Waals surface area (Å²) < 4.78 is 0. The number of hydrogen-bond donors (Lipinski definition) is 1. The van der Waals surface area contributed by atoms with E-state index in [4.69, 9.17) is 16.7 Å². The molecule has 0 aliphatic carbocycles. The van der Waals surface area contributed by atoms with Gasteiger partial charge in [0.2, 0.25) is 0 Å². The highest BCUT2D eigenvalue weighted by molar-refractivity contribution is 6.43. The fraction of sp³-hybridized carbons (Fsp3) is 0.200. The molecule has 5 heteroatoms. The Bertz CT molecular complexity index is 390. The summed E-state index contributed by atoms with van der Waals surface area (Å²) in [5.41, 5.74) is 1.04. The Morgan fingerprint density at radius 2 is 2.20 bits per heavy atom. The van der Waals surface area contributed by atoms with Crippen LogP contribution in [0.15, 0.2) is 29.4 Å². The zero-order valence-corrected chi connectivity index (χ0v) is 8.86. The SMILES string of the molecule is CON=C(C(=O)O)c1ccccc1CCl. The highest BCUT2D eigenvalue weighted by Crippen LogP contribution is 2.13. The average Bonchev–Trinajstić information content (AvgIpc) is 2.25. The molecule has 0 aliphatic rings. The number of carboxylic acids is 1. The van der Waals surface area contributed by atoms with E-state index >= 15 is 0 Å². The summed E-state index contributed by atoms with van der Waals surface area (Å²) in [7, 11) is 1.30. The van der Waals surface area contributed by atoms with Crippen molar-refractivity contribution < 1.29 is 14.7 Å². The summed E-state index contributed by atoms with van der Waals surface area (Å²) in [5, 5.41) is 12.4. The van der Waals surface area contributed by atoms with Crippen molar-refractivity contribution in [2.45, 2.75) is 5.88 Å². The molecule has 0 atom stereocenters. The third-order valence-corrected chi connectivity index (χ3v) is 2.09. The molecule has 0 aliphatic heterocycles. The van der Waals surface area contributed by atoms with Gasteiger partial charge >= 0.3 is 5.97 Å². The Morgan fingerprint density at radius 3 is 2.73 bits per heavy atom. The molecule has 0 amide bonds.